The fourth-order valence-corrected chi connectivity index (χ4v) is 3.92. The number of nitrogens with zero attached hydrogens (tertiary/aromatic N) is 2. The zero-order chi connectivity index (χ0) is 16.8. The number of amides is 3. The average Bonchev–Trinajstić information content (AvgIpc) is 2.81. The van der Waals surface area contributed by atoms with Crippen molar-refractivity contribution in [2.24, 2.45) is 0 Å². The summed E-state index contributed by atoms with van der Waals surface area (Å²) in [5.41, 5.74) is 2.20. The van der Waals surface area contributed by atoms with Crippen LogP contribution in [-0.4, -0.2) is 33.8 Å². The van der Waals surface area contributed by atoms with Crippen molar-refractivity contribution in [2.45, 2.75) is 64.1 Å². The summed E-state index contributed by atoms with van der Waals surface area (Å²) in [6.07, 6.45) is 6.16. The Morgan fingerprint density at radius 1 is 1.26 bits per heavy atom. The fraction of sp³-hybridized carbons (Fsp3) is 0.688. The van der Waals surface area contributed by atoms with E-state index in [1.54, 1.807) is 0 Å². The van der Waals surface area contributed by atoms with E-state index in [2.05, 4.69) is 27.1 Å². The summed E-state index contributed by atoms with van der Waals surface area (Å²) in [6.45, 7) is 6.41. The predicted molar refractivity (Wildman–Crippen MR) is 91.8 cm³/mol. The molecule has 7 heteroatoms. The minimum atomic E-state index is -0.443. The number of imidazole rings is 1. The lowest BCUT2D eigenvalue weighted by Gasteiger charge is -2.26. The van der Waals surface area contributed by atoms with Crippen molar-refractivity contribution in [1.82, 2.24) is 20.2 Å². The Labute approximate surface area is 141 Å². The van der Waals surface area contributed by atoms with Gasteiger partial charge in [-0.1, -0.05) is 31.0 Å². The highest BCUT2D eigenvalue weighted by molar-refractivity contribution is 7.99. The molecule has 1 aliphatic rings. The van der Waals surface area contributed by atoms with Gasteiger partial charge in [0.05, 0.1) is 11.4 Å². The molecule has 0 spiro atoms. The molecule has 0 radical (unpaired) electrons. The number of hydrogen-bond acceptors (Lipinski definition) is 4. The average molecular weight is 338 g/mol. The van der Waals surface area contributed by atoms with Crippen LogP contribution >= 0.6 is 11.8 Å². The van der Waals surface area contributed by atoms with Gasteiger partial charge in [-0.3, -0.25) is 10.1 Å². The van der Waals surface area contributed by atoms with Crippen LogP contribution in [0.3, 0.4) is 0 Å². The lowest BCUT2D eigenvalue weighted by molar-refractivity contribution is -0.117. The van der Waals surface area contributed by atoms with E-state index in [1.165, 1.54) is 49.6 Å². The van der Waals surface area contributed by atoms with Gasteiger partial charge in [-0.2, -0.15) is 0 Å². The Kier molecular flexibility index (Phi) is 6.50. The second kappa shape index (κ2) is 8.38. The molecule has 1 fully saturated rings. The number of thioether (sulfide) groups is 1. The highest BCUT2D eigenvalue weighted by Gasteiger charge is 2.22. The monoisotopic (exact) mass is 338 g/mol. The third-order valence-electron chi connectivity index (χ3n) is 4.22. The van der Waals surface area contributed by atoms with E-state index in [0.717, 1.165) is 10.9 Å². The first kappa shape index (κ1) is 17.8. The minimum absolute atomic E-state index is 0.194. The third-order valence-corrected chi connectivity index (χ3v) is 5.17. The smallest absolute Gasteiger partial charge is 0.321 e. The van der Waals surface area contributed by atoms with Crippen LogP contribution in [0.1, 0.15) is 56.5 Å². The van der Waals surface area contributed by atoms with E-state index in [9.17, 15) is 9.59 Å². The molecule has 6 nitrogen and oxygen atoms in total. The maximum absolute atomic E-state index is 11.9. The Balaban J connectivity index is 2.00. The van der Waals surface area contributed by atoms with Crippen LogP contribution in [-0.2, 0) is 4.79 Å². The van der Waals surface area contributed by atoms with Crippen LogP contribution < -0.4 is 10.6 Å². The van der Waals surface area contributed by atoms with Gasteiger partial charge < -0.3 is 9.88 Å². The van der Waals surface area contributed by atoms with Gasteiger partial charge >= 0.3 is 6.03 Å². The second-order valence-corrected chi connectivity index (χ2v) is 6.87. The molecule has 1 aromatic heterocycles. The number of aromatic nitrogens is 2. The highest BCUT2D eigenvalue weighted by Crippen LogP contribution is 2.34. The first-order valence-electron chi connectivity index (χ1n) is 8.28. The molecule has 23 heavy (non-hydrogen) atoms. The molecule has 0 unspecified atom stereocenters. The molecule has 1 saturated carbocycles. The third kappa shape index (κ3) is 4.73. The van der Waals surface area contributed by atoms with Crippen LogP contribution in [0.4, 0.5) is 4.79 Å². The van der Waals surface area contributed by atoms with Crippen molar-refractivity contribution < 1.29 is 9.59 Å². The molecule has 0 bridgehead atoms. The molecule has 0 atom stereocenters. The normalized spacial score (nSPS) is 15.4. The molecular formula is C16H26N4O2S. The number of hydrogen-bond donors (Lipinski definition) is 2. The van der Waals surface area contributed by atoms with Gasteiger partial charge in [0, 0.05) is 18.3 Å². The van der Waals surface area contributed by atoms with E-state index < -0.39 is 6.03 Å². The lowest BCUT2D eigenvalue weighted by atomic mass is 9.95. The van der Waals surface area contributed by atoms with Crippen molar-refractivity contribution >= 4 is 23.7 Å². The van der Waals surface area contributed by atoms with Gasteiger partial charge in [0.15, 0.2) is 5.16 Å². The molecule has 0 aliphatic heterocycles. The Morgan fingerprint density at radius 2 is 1.96 bits per heavy atom. The Hall–Kier alpha value is -1.50. The largest absolute Gasteiger partial charge is 0.338 e. The highest BCUT2D eigenvalue weighted by atomic mass is 32.2. The molecule has 1 aromatic rings. The van der Waals surface area contributed by atoms with Gasteiger partial charge in [0.25, 0.3) is 0 Å². The van der Waals surface area contributed by atoms with Crippen LogP contribution in [0.15, 0.2) is 5.16 Å². The van der Waals surface area contributed by atoms with Gasteiger partial charge in [-0.05, 0) is 33.6 Å². The van der Waals surface area contributed by atoms with Crippen molar-refractivity contribution in [1.29, 1.82) is 0 Å². The molecule has 2 rings (SSSR count). The molecule has 1 aliphatic carbocycles. The van der Waals surface area contributed by atoms with Gasteiger partial charge in [0.1, 0.15) is 0 Å². The topological polar surface area (TPSA) is 76.0 Å². The number of rotatable bonds is 5. The van der Waals surface area contributed by atoms with E-state index in [1.807, 2.05) is 13.8 Å². The number of imide groups is 1. The zero-order valence-corrected chi connectivity index (χ0v) is 15.0. The maximum atomic E-state index is 11.9. The standard InChI is InChI=1S/C16H26N4O2S/c1-4-17-15(22)19-14(21)10-23-16-18-11(2)12(3)20(16)13-8-6-5-7-9-13/h13H,4-10H2,1-3H3,(H2,17,19,21,22). The van der Waals surface area contributed by atoms with E-state index in [4.69, 9.17) is 0 Å². The molecule has 128 valence electrons. The molecule has 1 heterocycles. The molecule has 0 aromatic carbocycles. The number of aryl methyl sites for hydroxylation is 1. The second-order valence-electron chi connectivity index (χ2n) is 5.92. The summed E-state index contributed by atoms with van der Waals surface area (Å²) in [4.78, 5) is 27.8. The van der Waals surface area contributed by atoms with Crippen molar-refractivity contribution in [3.05, 3.63) is 11.4 Å². The van der Waals surface area contributed by atoms with Crippen LogP contribution in [0, 0.1) is 13.8 Å². The quantitative estimate of drug-likeness (QED) is 0.809. The SMILES string of the molecule is CCNC(=O)NC(=O)CSc1nc(C)c(C)n1C1CCCCC1. The summed E-state index contributed by atoms with van der Waals surface area (Å²) in [6, 6.07) is 0.0417. The fourth-order valence-electron chi connectivity index (χ4n) is 2.96. The first-order valence-corrected chi connectivity index (χ1v) is 9.27. The number of carbonyl (C=O) groups is 2. The van der Waals surface area contributed by atoms with Crippen LogP contribution in [0.5, 0.6) is 0 Å². The summed E-state index contributed by atoms with van der Waals surface area (Å²) in [5, 5.41) is 5.76. The molecule has 3 amide bonds. The predicted octanol–water partition coefficient (Wildman–Crippen LogP) is 2.94. The summed E-state index contributed by atoms with van der Waals surface area (Å²) in [7, 11) is 0. The molecule has 2 N–H and O–H groups in total. The minimum Gasteiger partial charge on any atom is -0.338 e. The van der Waals surface area contributed by atoms with E-state index >= 15 is 0 Å². The molecule has 0 saturated heterocycles. The lowest BCUT2D eigenvalue weighted by Crippen LogP contribution is -2.40. The van der Waals surface area contributed by atoms with Gasteiger partial charge in [-0.25, -0.2) is 9.78 Å². The Morgan fingerprint density at radius 3 is 2.61 bits per heavy atom. The van der Waals surface area contributed by atoms with Crippen LogP contribution in [0.25, 0.3) is 0 Å². The molecular weight excluding hydrogens is 312 g/mol. The van der Waals surface area contributed by atoms with Crippen molar-refractivity contribution in [3.63, 3.8) is 0 Å². The van der Waals surface area contributed by atoms with E-state index in [-0.39, 0.29) is 11.7 Å². The maximum Gasteiger partial charge on any atom is 0.321 e. The Bertz CT molecular complexity index is 565. The zero-order valence-electron chi connectivity index (χ0n) is 14.1. The van der Waals surface area contributed by atoms with Crippen LogP contribution in [0.2, 0.25) is 0 Å². The first-order chi connectivity index (χ1) is 11.0. The number of urea groups is 1. The summed E-state index contributed by atoms with van der Waals surface area (Å²) < 4.78 is 2.29. The number of carbonyl (C=O) groups excluding carboxylic acids is 2. The van der Waals surface area contributed by atoms with Gasteiger partial charge in [0.2, 0.25) is 5.91 Å². The van der Waals surface area contributed by atoms with Crippen molar-refractivity contribution in [2.75, 3.05) is 12.3 Å². The number of nitrogens with one attached hydrogen (secondary N) is 2. The van der Waals surface area contributed by atoms with E-state index in [0.29, 0.717) is 12.6 Å². The summed E-state index contributed by atoms with van der Waals surface area (Å²) >= 11 is 1.40. The summed E-state index contributed by atoms with van der Waals surface area (Å²) in [5.74, 6) is -0.103. The van der Waals surface area contributed by atoms with Crippen molar-refractivity contribution in [3.8, 4) is 0 Å². The van der Waals surface area contributed by atoms with Gasteiger partial charge in [-0.15, -0.1) is 0 Å².